The minimum Gasteiger partial charge on any atom is -0.396 e. The highest BCUT2D eigenvalue weighted by molar-refractivity contribution is 5.94. The molecule has 21 heavy (non-hydrogen) atoms. The van der Waals surface area contributed by atoms with Crippen LogP contribution in [0.1, 0.15) is 28.5 Å². The van der Waals surface area contributed by atoms with Crippen LogP contribution in [0.4, 0.5) is 5.69 Å². The lowest BCUT2D eigenvalue weighted by molar-refractivity contribution is 0.0951. The number of nitrogens with one attached hydrogen (secondary N) is 2. The Bertz CT molecular complexity index is 580. The first-order chi connectivity index (χ1) is 10.2. The Hall–Kier alpha value is -2.41. The molecule has 0 fully saturated rings. The predicted molar refractivity (Wildman–Crippen MR) is 76.8 cm³/mol. The molecule has 2 aromatic rings. The number of aliphatic hydroxyl groups is 1. The van der Waals surface area contributed by atoms with Crippen LogP contribution in [-0.2, 0) is 6.54 Å². The zero-order valence-electron chi connectivity index (χ0n) is 11.8. The first-order valence-corrected chi connectivity index (χ1v) is 6.71. The van der Waals surface area contributed by atoms with Gasteiger partial charge in [-0.1, -0.05) is 5.16 Å². The van der Waals surface area contributed by atoms with E-state index in [-0.39, 0.29) is 12.5 Å². The quantitative estimate of drug-likeness (QED) is 0.660. The average molecular weight is 290 g/mol. The van der Waals surface area contributed by atoms with Gasteiger partial charge in [0.05, 0.1) is 6.54 Å². The van der Waals surface area contributed by atoms with Crippen molar-refractivity contribution >= 4 is 11.6 Å². The third-order valence-electron chi connectivity index (χ3n) is 2.78. The van der Waals surface area contributed by atoms with Gasteiger partial charge in [-0.2, -0.15) is 4.98 Å². The van der Waals surface area contributed by atoms with Gasteiger partial charge in [-0.05, 0) is 37.6 Å². The molecule has 0 saturated heterocycles. The summed E-state index contributed by atoms with van der Waals surface area (Å²) in [5.41, 5.74) is 1.44. The number of aryl methyl sites for hydroxylation is 1. The number of hydrogen-bond acceptors (Lipinski definition) is 6. The lowest BCUT2D eigenvalue weighted by atomic mass is 10.2. The molecular formula is C14H18N4O3. The van der Waals surface area contributed by atoms with E-state index in [1.807, 2.05) is 12.1 Å². The van der Waals surface area contributed by atoms with E-state index in [1.165, 1.54) is 0 Å². The van der Waals surface area contributed by atoms with Gasteiger partial charge in [0, 0.05) is 24.4 Å². The molecule has 0 spiro atoms. The molecule has 1 heterocycles. The molecule has 7 nitrogen and oxygen atoms in total. The largest absolute Gasteiger partial charge is 0.396 e. The second-order valence-electron chi connectivity index (χ2n) is 4.50. The summed E-state index contributed by atoms with van der Waals surface area (Å²) in [7, 11) is 0. The molecule has 0 aliphatic heterocycles. The van der Waals surface area contributed by atoms with Gasteiger partial charge in [0.2, 0.25) is 5.89 Å². The number of carbonyl (C=O) groups is 1. The highest BCUT2D eigenvalue weighted by atomic mass is 16.5. The molecule has 112 valence electrons. The number of benzene rings is 1. The monoisotopic (exact) mass is 290 g/mol. The molecule has 3 N–H and O–H groups in total. The fourth-order valence-corrected chi connectivity index (χ4v) is 1.71. The van der Waals surface area contributed by atoms with Crippen molar-refractivity contribution in [3.63, 3.8) is 0 Å². The minimum absolute atomic E-state index is 0.0677. The number of carbonyl (C=O) groups excluding carboxylic acids is 1. The summed E-state index contributed by atoms with van der Waals surface area (Å²) < 4.78 is 4.99. The standard InChI is InChI=1S/C14H18N4O3/c1-10-17-13(21-18-10)9-16-12-5-3-11(4-6-12)14(20)15-7-2-8-19/h3-6,16,19H,2,7-9H2,1H3,(H,15,20). The Morgan fingerprint density at radius 2 is 2.10 bits per heavy atom. The maximum atomic E-state index is 11.8. The van der Waals surface area contributed by atoms with Crippen LogP contribution < -0.4 is 10.6 Å². The smallest absolute Gasteiger partial charge is 0.251 e. The van der Waals surface area contributed by atoms with Crippen molar-refractivity contribution in [2.45, 2.75) is 19.9 Å². The topological polar surface area (TPSA) is 100 Å². The zero-order chi connectivity index (χ0) is 15.1. The van der Waals surface area contributed by atoms with Crippen molar-refractivity contribution in [2.24, 2.45) is 0 Å². The van der Waals surface area contributed by atoms with Crippen LogP contribution in [0.5, 0.6) is 0 Å². The van der Waals surface area contributed by atoms with E-state index in [0.717, 1.165) is 5.69 Å². The van der Waals surface area contributed by atoms with Crippen LogP contribution in [0.15, 0.2) is 28.8 Å². The molecule has 0 unspecified atom stereocenters. The van der Waals surface area contributed by atoms with Crippen molar-refractivity contribution < 1.29 is 14.4 Å². The van der Waals surface area contributed by atoms with Gasteiger partial charge in [0.25, 0.3) is 5.91 Å². The van der Waals surface area contributed by atoms with Crippen molar-refractivity contribution in [1.29, 1.82) is 0 Å². The first-order valence-electron chi connectivity index (χ1n) is 6.71. The molecule has 0 saturated carbocycles. The fraction of sp³-hybridized carbons (Fsp3) is 0.357. The highest BCUT2D eigenvalue weighted by Crippen LogP contribution is 2.11. The molecular weight excluding hydrogens is 272 g/mol. The molecule has 2 rings (SSSR count). The third kappa shape index (κ3) is 4.57. The lowest BCUT2D eigenvalue weighted by Gasteiger charge is -2.06. The summed E-state index contributed by atoms with van der Waals surface area (Å²) in [4.78, 5) is 15.9. The SMILES string of the molecule is Cc1noc(CNc2ccc(C(=O)NCCCO)cc2)n1. The molecule has 0 atom stereocenters. The zero-order valence-corrected chi connectivity index (χ0v) is 11.8. The number of hydrogen-bond donors (Lipinski definition) is 3. The maximum Gasteiger partial charge on any atom is 0.251 e. The van der Waals surface area contributed by atoms with Crippen molar-refractivity contribution in [3.05, 3.63) is 41.5 Å². The number of aliphatic hydroxyl groups excluding tert-OH is 1. The Balaban J connectivity index is 1.85. The highest BCUT2D eigenvalue weighted by Gasteiger charge is 2.05. The first kappa shape index (κ1) is 15.0. The molecule has 0 aliphatic rings. The molecule has 0 aliphatic carbocycles. The van der Waals surface area contributed by atoms with Gasteiger partial charge in [-0.3, -0.25) is 4.79 Å². The number of amides is 1. The second-order valence-corrected chi connectivity index (χ2v) is 4.50. The van der Waals surface area contributed by atoms with E-state index in [4.69, 9.17) is 9.63 Å². The second kappa shape index (κ2) is 7.39. The predicted octanol–water partition coefficient (Wildman–Crippen LogP) is 1.10. The van der Waals surface area contributed by atoms with Crippen LogP contribution in [0.3, 0.4) is 0 Å². The van der Waals surface area contributed by atoms with E-state index in [0.29, 0.717) is 36.8 Å². The summed E-state index contributed by atoms with van der Waals surface area (Å²) in [5.74, 6) is 0.961. The summed E-state index contributed by atoms with van der Waals surface area (Å²) in [5, 5.41) is 18.2. The summed E-state index contributed by atoms with van der Waals surface area (Å²) >= 11 is 0. The van der Waals surface area contributed by atoms with E-state index >= 15 is 0 Å². The Morgan fingerprint density at radius 3 is 2.71 bits per heavy atom. The molecule has 0 radical (unpaired) electrons. The molecule has 1 aromatic heterocycles. The van der Waals surface area contributed by atoms with Gasteiger partial charge < -0.3 is 20.3 Å². The Labute approximate surface area is 122 Å². The van der Waals surface area contributed by atoms with Gasteiger partial charge in [0.15, 0.2) is 5.82 Å². The molecule has 7 heteroatoms. The van der Waals surface area contributed by atoms with Crippen LogP contribution >= 0.6 is 0 Å². The van der Waals surface area contributed by atoms with Crippen LogP contribution in [0.25, 0.3) is 0 Å². The van der Waals surface area contributed by atoms with Gasteiger partial charge in [0.1, 0.15) is 0 Å². The maximum absolute atomic E-state index is 11.8. The summed E-state index contributed by atoms with van der Waals surface area (Å²) in [6.07, 6.45) is 0.551. The van der Waals surface area contributed by atoms with E-state index in [9.17, 15) is 4.79 Å². The molecule has 1 amide bonds. The minimum atomic E-state index is -0.150. The van der Waals surface area contributed by atoms with Gasteiger partial charge >= 0.3 is 0 Å². The van der Waals surface area contributed by atoms with Crippen molar-refractivity contribution in [1.82, 2.24) is 15.5 Å². The van der Waals surface area contributed by atoms with Gasteiger partial charge in [-0.15, -0.1) is 0 Å². The Morgan fingerprint density at radius 1 is 1.33 bits per heavy atom. The van der Waals surface area contributed by atoms with E-state index in [1.54, 1.807) is 19.1 Å². The fourth-order valence-electron chi connectivity index (χ4n) is 1.71. The van der Waals surface area contributed by atoms with Crippen LogP contribution in [0, 0.1) is 6.92 Å². The van der Waals surface area contributed by atoms with Crippen LogP contribution in [-0.4, -0.2) is 34.3 Å². The number of rotatable bonds is 7. The van der Waals surface area contributed by atoms with Gasteiger partial charge in [-0.25, -0.2) is 0 Å². The van der Waals surface area contributed by atoms with Crippen molar-refractivity contribution in [2.75, 3.05) is 18.5 Å². The summed E-state index contributed by atoms with van der Waals surface area (Å²) in [6, 6.07) is 7.08. The third-order valence-corrected chi connectivity index (χ3v) is 2.78. The molecule has 0 bridgehead atoms. The average Bonchev–Trinajstić information content (AvgIpc) is 2.91. The van der Waals surface area contributed by atoms with Crippen LogP contribution in [0.2, 0.25) is 0 Å². The number of aromatic nitrogens is 2. The van der Waals surface area contributed by atoms with E-state index < -0.39 is 0 Å². The summed E-state index contributed by atoms with van der Waals surface area (Å²) in [6.45, 7) is 2.73. The normalized spacial score (nSPS) is 10.4. The Kier molecular flexibility index (Phi) is 5.28. The lowest BCUT2D eigenvalue weighted by Crippen LogP contribution is -2.24. The molecule has 1 aromatic carbocycles. The van der Waals surface area contributed by atoms with Crippen molar-refractivity contribution in [3.8, 4) is 0 Å². The van der Waals surface area contributed by atoms with E-state index in [2.05, 4.69) is 20.8 Å². The number of nitrogens with zero attached hydrogens (tertiary/aromatic N) is 2. The number of anilines is 1.